The van der Waals surface area contributed by atoms with Crippen LogP contribution in [0.4, 0.5) is 0 Å². The molecule has 0 aliphatic heterocycles. The summed E-state index contributed by atoms with van der Waals surface area (Å²) in [5, 5.41) is 11.3. The first-order valence-electron chi connectivity index (χ1n) is 7.62. The lowest BCUT2D eigenvalue weighted by Crippen LogP contribution is -2.17. The van der Waals surface area contributed by atoms with E-state index in [1.807, 2.05) is 32.2 Å². The summed E-state index contributed by atoms with van der Waals surface area (Å²) in [7, 11) is 1.99. The molecule has 22 heavy (non-hydrogen) atoms. The van der Waals surface area contributed by atoms with Crippen LogP contribution >= 0.6 is 11.6 Å². The highest BCUT2D eigenvalue weighted by Gasteiger charge is 2.22. The molecule has 5 heteroatoms. The fourth-order valence-electron chi connectivity index (χ4n) is 2.97. The number of fused-ring (bicyclic) bond motifs is 1. The maximum absolute atomic E-state index is 11.5. The van der Waals surface area contributed by atoms with Crippen LogP contribution in [-0.2, 0) is 18.3 Å². The van der Waals surface area contributed by atoms with Gasteiger partial charge in [-0.25, -0.2) is 0 Å². The van der Waals surface area contributed by atoms with Crippen molar-refractivity contribution < 1.29 is 9.90 Å². The maximum atomic E-state index is 11.5. The number of nitrogens with zero attached hydrogens (tertiary/aromatic N) is 1. The first kappa shape index (κ1) is 16.8. The molecule has 0 fully saturated rings. The minimum absolute atomic E-state index is 0.369. The van der Waals surface area contributed by atoms with Crippen molar-refractivity contribution in [3.63, 3.8) is 0 Å². The lowest BCUT2D eigenvalue weighted by molar-refractivity contribution is -0.141. The highest BCUT2D eigenvalue weighted by atomic mass is 35.5. The van der Waals surface area contributed by atoms with Crippen molar-refractivity contribution in [2.45, 2.75) is 32.6 Å². The number of carboxylic acid groups (broad SMARTS) is 1. The van der Waals surface area contributed by atoms with Gasteiger partial charge in [0.25, 0.3) is 0 Å². The third-order valence-corrected chi connectivity index (χ3v) is 4.63. The summed E-state index contributed by atoms with van der Waals surface area (Å²) >= 11 is 6.07. The van der Waals surface area contributed by atoms with E-state index >= 15 is 0 Å². The van der Waals surface area contributed by atoms with Crippen LogP contribution in [0.25, 0.3) is 10.9 Å². The van der Waals surface area contributed by atoms with E-state index < -0.39 is 5.97 Å². The molecule has 0 aliphatic rings. The van der Waals surface area contributed by atoms with Crippen molar-refractivity contribution in [3.05, 3.63) is 34.5 Å². The van der Waals surface area contributed by atoms with Gasteiger partial charge in [-0.2, -0.15) is 0 Å². The van der Waals surface area contributed by atoms with E-state index in [4.69, 9.17) is 17.3 Å². The fraction of sp³-hybridized carbons (Fsp3) is 0.471. The molecular weight excluding hydrogens is 300 g/mol. The van der Waals surface area contributed by atoms with Crippen LogP contribution in [0.15, 0.2) is 18.2 Å². The van der Waals surface area contributed by atoms with Crippen LogP contribution < -0.4 is 5.73 Å². The Bertz CT molecular complexity index is 679. The molecule has 120 valence electrons. The van der Waals surface area contributed by atoms with E-state index in [2.05, 4.69) is 4.57 Å². The predicted octanol–water partition coefficient (Wildman–Crippen LogP) is 3.51. The molecule has 1 aromatic carbocycles. The number of unbranched alkanes of at least 4 members (excludes halogenated alkanes) is 1. The second-order valence-corrected chi connectivity index (χ2v) is 6.24. The van der Waals surface area contributed by atoms with Crippen molar-refractivity contribution in [1.29, 1.82) is 0 Å². The summed E-state index contributed by atoms with van der Waals surface area (Å²) in [4.78, 5) is 11.5. The number of halogens is 1. The van der Waals surface area contributed by atoms with Gasteiger partial charge in [-0.3, -0.25) is 4.79 Å². The van der Waals surface area contributed by atoms with Gasteiger partial charge in [0.05, 0.1) is 5.92 Å². The number of rotatable bonds is 7. The quantitative estimate of drug-likeness (QED) is 0.766. The van der Waals surface area contributed by atoms with Crippen LogP contribution in [0.2, 0.25) is 5.02 Å². The number of hydrogen-bond acceptors (Lipinski definition) is 2. The van der Waals surface area contributed by atoms with Crippen molar-refractivity contribution in [2.24, 2.45) is 18.7 Å². The lowest BCUT2D eigenvalue weighted by atomic mass is 9.92. The molecule has 1 unspecified atom stereocenters. The largest absolute Gasteiger partial charge is 0.481 e. The molecule has 2 aromatic rings. The number of carboxylic acids is 1. The number of aromatic nitrogens is 1. The second-order valence-electron chi connectivity index (χ2n) is 5.81. The zero-order valence-electron chi connectivity index (χ0n) is 13.1. The Balaban J connectivity index is 2.33. The van der Waals surface area contributed by atoms with Gasteiger partial charge in [-0.15, -0.1) is 0 Å². The van der Waals surface area contributed by atoms with Gasteiger partial charge in [-0.1, -0.05) is 24.1 Å². The zero-order chi connectivity index (χ0) is 16.3. The molecule has 0 saturated carbocycles. The third-order valence-electron chi connectivity index (χ3n) is 4.39. The number of aliphatic carboxylic acids is 1. The van der Waals surface area contributed by atoms with Crippen molar-refractivity contribution in [2.75, 3.05) is 6.54 Å². The van der Waals surface area contributed by atoms with E-state index in [0.717, 1.165) is 35.0 Å². The Morgan fingerprint density at radius 2 is 2.14 bits per heavy atom. The van der Waals surface area contributed by atoms with Crippen LogP contribution in [0.1, 0.15) is 30.5 Å². The maximum Gasteiger partial charge on any atom is 0.306 e. The van der Waals surface area contributed by atoms with Crippen LogP contribution in [0, 0.1) is 12.8 Å². The molecule has 0 radical (unpaired) electrons. The average molecular weight is 323 g/mol. The summed E-state index contributed by atoms with van der Waals surface area (Å²) in [6.07, 6.45) is 2.93. The van der Waals surface area contributed by atoms with Gasteiger partial charge >= 0.3 is 5.97 Å². The summed E-state index contributed by atoms with van der Waals surface area (Å²) < 4.78 is 2.08. The monoisotopic (exact) mass is 322 g/mol. The molecule has 4 nitrogen and oxygen atoms in total. The van der Waals surface area contributed by atoms with Crippen LogP contribution in [-0.4, -0.2) is 22.2 Å². The van der Waals surface area contributed by atoms with Gasteiger partial charge in [0.1, 0.15) is 0 Å². The molecule has 0 saturated heterocycles. The SMILES string of the molecule is Cc1c(CC(CCCCN)C(=O)O)c2ccc(Cl)cc2n1C. The number of hydrogen-bond donors (Lipinski definition) is 2. The smallest absolute Gasteiger partial charge is 0.306 e. The van der Waals surface area contributed by atoms with E-state index in [-0.39, 0.29) is 5.92 Å². The standard InChI is InChI=1S/C17H23ClN2O2/c1-11-15(9-12(17(21)22)5-3-4-8-19)14-7-6-13(18)10-16(14)20(11)2/h6-7,10,12H,3-5,8-9,19H2,1-2H3,(H,21,22). The van der Waals surface area contributed by atoms with Crippen molar-refractivity contribution in [1.82, 2.24) is 4.57 Å². The van der Waals surface area contributed by atoms with Gasteiger partial charge in [-0.05, 0) is 50.4 Å². The number of carbonyl (C=O) groups is 1. The molecule has 0 bridgehead atoms. The van der Waals surface area contributed by atoms with E-state index in [1.54, 1.807) is 0 Å². The normalized spacial score (nSPS) is 12.7. The third kappa shape index (κ3) is 3.45. The highest BCUT2D eigenvalue weighted by Crippen LogP contribution is 2.30. The first-order valence-corrected chi connectivity index (χ1v) is 7.99. The zero-order valence-corrected chi connectivity index (χ0v) is 13.9. The molecule has 1 heterocycles. The summed E-state index contributed by atoms with van der Waals surface area (Å²) in [5.41, 5.74) is 8.75. The average Bonchev–Trinajstić information content (AvgIpc) is 2.70. The molecule has 1 atom stereocenters. The molecule has 2 rings (SSSR count). The Hall–Kier alpha value is -1.52. The summed E-state index contributed by atoms with van der Waals surface area (Å²) in [6.45, 7) is 2.64. The highest BCUT2D eigenvalue weighted by molar-refractivity contribution is 6.31. The number of aryl methyl sites for hydroxylation is 1. The van der Waals surface area contributed by atoms with Crippen LogP contribution in [0.5, 0.6) is 0 Å². The Morgan fingerprint density at radius 3 is 2.77 bits per heavy atom. The molecule has 3 N–H and O–H groups in total. The van der Waals surface area contributed by atoms with Gasteiger partial charge < -0.3 is 15.4 Å². The van der Waals surface area contributed by atoms with Gasteiger partial charge in [0.15, 0.2) is 0 Å². The minimum Gasteiger partial charge on any atom is -0.481 e. The topological polar surface area (TPSA) is 68.2 Å². The van der Waals surface area contributed by atoms with Crippen molar-refractivity contribution >= 4 is 28.5 Å². The minimum atomic E-state index is -0.734. The molecule has 1 aromatic heterocycles. The Labute approximate surface area is 135 Å². The van der Waals surface area contributed by atoms with E-state index in [0.29, 0.717) is 24.4 Å². The molecule has 0 aliphatic carbocycles. The van der Waals surface area contributed by atoms with E-state index in [1.165, 1.54) is 0 Å². The fourth-order valence-corrected chi connectivity index (χ4v) is 3.13. The van der Waals surface area contributed by atoms with E-state index in [9.17, 15) is 9.90 Å². The van der Waals surface area contributed by atoms with Crippen molar-refractivity contribution in [3.8, 4) is 0 Å². The van der Waals surface area contributed by atoms with Gasteiger partial charge in [0.2, 0.25) is 0 Å². The number of benzene rings is 1. The summed E-state index contributed by atoms with van der Waals surface area (Å²) in [5.74, 6) is -1.10. The molecule has 0 spiro atoms. The van der Waals surface area contributed by atoms with Crippen LogP contribution in [0.3, 0.4) is 0 Å². The predicted molar refractivity (Wildman–Crippen MR) is 90.4 cm³/mol. The first-order chi connectivity index (χ1) is 10.5. The van der Waals surface area contributed by atoms with Gasteiger partial charge in [0, 0.05) is 28.7 Å². The number of nitrogens with two attached hydrogens (primary N) is 1. The Kier molecular flexibility index (Phi) is 5.48. The molecular formula is C17H23ClN2O2. The second kappa shape index (κ2) is 7.16. The Morgan fingerprint density at radius 1 is 1.41 bits per heavy atom. The molecule has 0 amide bonds. The summed E-state index contributed by atoms with van der Waals surface area (Å²) in [6, 6.07) is 5.77. The lowest BCUT2D eigenvalue weighted by Gasteiger charge is -2.12.